The van der Waals surface area contributed by atoms with Crippen LogP contribution in [0.1, 0.15) is 44.2 Å². The van der Waals surface area contributed by atoms with Gasteiger partial charge in [-0.05, 0) is 42.2 Å². The highest BCUT2D eigenvalue weighted by atomic mass is 16.3. The standard InChI is InChI=1S/C17H24O2/c1-12(2)15-7-8-17(19)16(10-15)9-13-3-5-14(11-18)6-4-13/h3-6,12,15-16,18H,7-11H2,1-2H3. The molecule has 0 heterocycles. The fourth-order valence-corrected chi connectivity index (χ4v) is 3.01. The van der Waals surface area contributed by atoms with Gasteiger partial charge in [0.15, 0.2) is 0 Å². The van der Waals surface area contributed by atoms with Crippen LogP contribution in [0.3, 0.4) is 0 Å². The zero-order valence-corrected chi connectivity index (χ0v) is 11.9. The van der Waals surface area contributed by atoms with Crippen molar-refractivity contribution in [1.82, 2.24) is 0 Å². The molecule has 0 saturated heterocycles. The smallest absolute Gasteiger partial charge is 0.136 e. The van der Waals surface area contributed by atoms with Crippen LogP contribution in [0.2, 0.25) is 0 Å². The molecule has 1 saturated carbocycles. The van der Waals surface area contributed by atoms with E-state index in [2.05, 4.69) is 13.8 Å². The second kappa shape index (κ2) is 6.33. The summed E-state index contributed by atoms with van der Waals surface area (Å²) in [7, 11) is 0. The van der Waals surface area contributed by atoms with Crippen LogP contribution in [-0.4, -0.2) is 10.9 Å². The highest BCUT2D eigenvalue weighted by molar-refractivity contribution is 5.82. The third-order valence-electron chi connectivity index (χ3n) is 4.43. The van der Waals surface area contributed by atoms with Gasteiger partial charge in [0.05, 0.1) is 6.61 Å². The molecule has 2 rings (SSSR count). The number of aliphatic hydroxyl groups is 1. The summed E-state index contributed by atoms with van der Waals surface area (Å²) in [6.45, 7) is 4.60. The Bertz CT molecular complexity index is 419. The summed E-state index contributed by atoms with van der Waals surface area (Å²) in [4.78, 5) is 12.0. The molecule has 1 aromatic carbocycles. The highest BCUT2D eigenvalue weighted by Crippen LogP contribution is 2.33. The first-order valence-electron chi connectivity index (χ1n) is 7.31. The van der Waals surface area contributed by atoms with E-state index in [1.807, 2.05) is 24.3 Å². The van der Waals surface area contributed by atoms with Crippen LogP contribution in [0.15, 0.2) is 24.3 Å². The minimum absolute atomic E-state index is 0.0814. The molecule has 2 nitrogen and oxygen atoms in total. The molecule has 104 valence electrons. The average Bonchev–Trinajstić information content (AvgIpc) is 2.42. The molecule has 0 aromatic heterocycles. The van der Waals surface area contributed by atoms with E-state index in [0.717, 1.165) is 31.2 Å². The zero-order valence-electron chi connectivity index (χ0n) is 11.9. The first-order chi connectivity index (χ1) is 9.10. The van der Waals surface area contributed by atoms with Crippen LogP contribution in [0, 0.1) is 17.8 Å². The van der Waals surface area contributed by atoms with Gasteiger partial charge in [0.1, 0.15) is 5.78 Å². The molecule has 0 amide bonds. The number of benzene rings is 1. The molecule has 2 atom stereocenters. The Kier molecular flexibility index (Phi) is 4.76. The van der Waals surface area contributed by atoms with Gasteiger partial charge < -0.3 is 5.11 Å². The average molecular weight is 260 g/mol. The minimum Gasteiger partial charge on any atom is -0.392 e. The largest absolute Gasteiger partial charge is 0.392 e. The third kappa shape index (κ3) is 3.66. The van der Waals surface area contributed by atoms with Crippen molar-refractivity contribution in [3.63, 3.8) is 0 Å². The molecule has 0 spiro atoms. The van der Waals surface area contributed by atoms with Crippen molar-refractivity contribution in [3.05, 3.63) is 35.4 Å². The molecule has 1 aliphatic carbocycles. The van der Waals surface area contributed by atoms with Crippen molar-refractivity contribution < 1.29 is 9.90 Å². The van der Waals surface area contributed by atoms with Crippen LogP contribution < -0.4 is 0 Å². The van der Waals surface area contributed by atoms with Crippen molar-refractivity contribution in [1.29, 1.82) is 0 Å². The summed E-state index contributed by atoms with van der Waals surface area (Å²) < 4.78 is 0. The van der Waals surface area contributed by atoms with E-state index in [-0.39, 0.29) is 12.5 Å². The van der Waals surface area contributed by atoms with E-state index in [9.17, 15) is 4.79 Å². The van der Waals surface area contributed by atoms with Gasteiger partial charge in [-0.2, -0.15) is 0 Å². The van der Waals surface area contributed by atoms with Crippen molar-refractivity contribution in [2.75, 3.05) is 0 Å². The van der Waals surface area contributed by atoms with Crippen LogP contribution in [0.25, 0.3) is 0 Å². The number of hydrogen-bond acceptors (Lipinski definition) is 2. The summed E-state index contributed by atoms with van der Waals surface area (Å²) in [6.07, 6.45) is 3.71. The maximum absolute atomic E-state index is 12.0. The van der Waals surface area contributed by atoms with Crippen molar-refractivity contribution in [3.8, 4) is 0 Å². The van der Waals surface area contributed by atoms with Gasteiger partial charge in [-0.1, -0.05) is 38.1 Å². The molecule has 0 aliphatic heterocycles. The molecule has 0 bridgehead atoms. The molecular weight excluding hydrogens is 236 g/mol. The lowest BCUT2D eigenvalue weighted by molar-refractivity contribution is -0.125. The summed E-state index contributed by atoms with van der Waals surface area (Å²) in [5.74, 6) is 2.00. The summed E-state index contributed by atoms with van der Waals surface area (Å²) in [5, 5.41) is 9.03. The molecule has 0 radical (unpaired) electrons. The second-order valence-corrected chi connectivity index (χ2v) is 6.12. The second-order valence-electron chi connectivity index (χ2n) is 6.12. The first kappa shape index (κ1) is 14.3. The van der Waals surface area contributed by atoms with Gasteiger partial charge in [0, 0.05) is 12.3 Å². The lowest BCUT2D eigenvalue weighted by Crippen LogP contribution is -2.28. The van der Waals surface area contributed by atoms with E-state index < -0.39 is 0 Å². The van der Waals surface area contributed by atoms with Gasteiger partial charge in [0.2, 0.25) is 0 Å². The van der Waals surface area contributed by atoms with Gasteiger partial charge >= 0.3 is 0 Å². The number of Topliss-reactive ketones (excluding diaryl/α,β-unsaturated/α-hetero) is 1. The van der Waals surface area contributed by atoms with Crippen molar-refractivity contribution in [2.24, 2.45) is 17.8 Å². The van der Waals surface area contributed by atoms with Crippen LogP contribution >= 0.6 is 0 Å². The molecule has 1 fully saturated rings. The Morgan fingerprint density at radius 2 is 1.84 bits per heavy atom. The molecular formula is C17H24O2. The number of ketones is 1. The van der Waals surface area contributed by atoms with Crippen molar-refractivity contribution in [2.45, 2.75) is 46.1 Å². The van der Waals surface area contributed by atoms with E-state index in [1.165, 1.54) is 5.56 Å². The van der Waals surface area contributed by atoms with Crippen molar-refractivity contribution >= 4 is 5.78 Å². The fourth-order valence-electron chi connectivity index (χ4n) is 3.01. The highest BCUT2D eigenvalue weighted by Gasteiger charge is 2.30. The lowest BCUT2D eigenvalue weighted by Gasteiger charge is -2.30. The summed E-state index contributed by atoms with van der Waals surface area (Å²) in [6, 6.07) is 7.97. The topological polar surface area (TPSA) is 37.3 Å². The predicted octanol–water partition coefficient (Wildman–Crippen LogP) is 3.36. The Hall–Kier alpha value is -1.15. The van der Waals surface area contributed by atoms with Gasteiger partial charge in [-0.3, -0.25) is 4.79 Å². The van der Waals surface area contributed by atoms with E-state index in [1.54, 1.807) is 0 Å². The molecule has 2 unspecified atom stereocenters. The predicted molar refractivity (Wildman–Crippen MR) is 76.7 cm³/mol. The van der Waals surface area contributed by atoms with Gasteiger partial charge in [0.25, 0.3) is 0 Å². The SMILES string of the molecule is CC(C)C1CCC(=O)C(Cc2ccc(CO)cc2)C1. The Balaban J connectivity index is 2.01. The minimum atomic E-state index is 0.0814. The van der Waals surface area contributed by atoms with E-state index in [0.29, 0.717) is 17.6 Å². The number of hydrogen-bond donors (Lipinski definition) is 1. The molecule has 1 N–H and O–H groups in total. The van der Waals surface area contributed by atoms with E-state index >= 15 is 0 Å². The quantitative estimate of drug-likeness (QED) is 0.901. The third-order valence-corrected chi connectivity index (χ3v) is 4.43. The van der Waals surface area contributed by atoms with Gasteiger partial charge in [-0.25, -0.2) is 0 Å². The number of aliphatic hydroxyl groups excluding tert-OH is 1. The number of rotatable bonds is 4. The summed E-state index contributed by atoms with van der Waals surface area (Å²) >= 11 is 0. The fraction of sp³-hybridized carbons (Fsp3) is 0.588. The van der Waals surface area contributed by atoms with Crippen LogP contribution in [0.4, 0.5) is 0 Å². The maximum Gasteiger partial charge on any atom is 0.136 e. The number of carbonyl (C=O) groups is 1. The monoisotopic (exact) mass is 260 g/mol. The molecule has 19 heavy (non-hydrogen) atoms. The Morgan fingerprint density at radius 3 is 2.42 bits per heavy atom. The normalized spacial score (nSPS) is 23.9. The Morgan fingerprint density at radius 1 is 1.21 bits per heavy atom. The first-order valence-corrected chi connectivity index (χ1v) is 7.31. The zero-order chi connectivity index (χ0) is 13.8. The molecule has 1 aromatic rings. The molecule has 2 heteroatoms. The molecule has 1 aliphatic rings. The van der Waals surface area contributed by atoms with E-state index in [4.69, 9.17) is 5.11 Å². The van der Waals surface area contributed by atoms with Gasteiger partial charge in [-0.15, -0.1) is 0 Å². The maximum atomic E-state index is 12.0. The van der Waals surface area contributed by atoms with Crippen LogP contribution in [-0.2, 0) is 17.8 Å². The lowest BCUT2D eigenvalue weighted by atomic mass is 9.73. The summed E-state index contributed by atoms with van der Waals surface area (Å²) in [5.41, 5.74) is 2.14. The Labute approximate surface area is 115 Å². The number of carbonyl (C=O) groups excluding carboxylic acids is 1. The van der Waals surface area contributed by atoms with Crippen LogP contribution in [0.5, 0.6) is 0 Å².